The lowest BCUT2D eigenvalue weighted by molar-refractivity contribution is 0.182. The first-order chi connectivity index (χ1) is 10.2. The molecular formula is C18H30N2O. The Morgan fingerprint density at radius 1 is 1.05 bits per heavy atom. The van der Waals surface area contributed by atoms with Crippen LogP contribution >= 0.6 is 0 Å². The molecule has 1 aromatic carbocycles. The van der Waals surface area contributed by atoms with E-state index >= 15 is 0 Å². The molecule has 0 bridgehead atoms. The zero-order valence-corrected chi connectivity index (χ0v) is 13.5. The maximum absolute atomic E-state index is 9.29. The van der Waals surface area contributed by atoms with E-state index in [-0.39, 0.29) is 6.10 Å². The maximum Gasteiger partial charge on any atom is 0.0524 e. The summed E-state index contributed by atoms with van der Waals surface area (Å²) < 4.78 is 0. The summed E-state index contributed by atoms with van der Waals surface area (Å²) in [6.07, 6.45) is 5.96. The molecule has 1 saturated heterocycles. The summed E-state index contributed by atoms with van der Waals surface area (Å²) in [4.78, 5) is 2.52. The largest absolute Gasteiger partial charge is 0.393 e. The molecular weight excluding hydrogens is 260 g/mol. The number of hydrogen-bond acceptors (Lipinski definition) is 3. The van der Waals surface area contributed by atoms with Gasteiger partial charge in [0.25, 0.3) is 0 Å². The van der Waals surface area contributed by atoms with E-state index in [4.69, 9.17) is 0 Å². The molecule has 2 N–H and O–H groups in total. The van der Waals surface area contributed by atoms with E-state index in [1.165, 1.54) is 50.0 Å². The molecule has 0 radical (unpaired) electrons. The molecule has 2 rings (SSSR count). The Labute approximate surface area is 129 Å². The smallest absolute Gasteiger partial charge is 0.0524 e. The molecule has 0 aliphatic carbocycles. The molecule has 1 aromatic rings. The highest BCUT2D eigenvalue weighted by Gasteiger charge is 2.11. The van der Waals surface area contributed by atoms with Crippen LogP contribution in [0.15, 0.2) is 24.3 Å². The Morgan fingerprint density at radius 3 is 2.24 bits per heavy atom. The standard InChI is InChI=1S/C18H30N2O/c1-15(21)11-12-19-16(2)17-7-9-18(10-8-17)20-13-5-3-4-6-14-20/h7-10,15-16,19,21H,3-6,11-14H2,1-2H3. The van der Waals surface area contributed by atoms with Crippen molar-refractivity contribution < 1.29 is 5.11 Å². The fraction of sp³-hybridized carbons (Fsp3) is 0.667. The normalized spacial score (nSPS) is 19.1. The van der Waals surface area contributed by atoms with Gasteiger partial charge in [-0.25, -0.2) is 0 Å². The topological polar surface area (TPSA) is 35.5 Å². The van der Waals surface area contributed by atoms with Gasteiger partial charge < -0.3 is 15.3 Å². The van der Waals surface area contributed by atoms with Crippen molar-refractivity contribution >= 4 is 5.69 Å². The molecule has 0 aromatic heterocycles. The summed E-state index contributed by atoms with van der Waals surface area (Å²) in [6.45, 7) is 7.26. The molecule has 21 heavy (non-hydrogen) atoms. The van der Waals surface area contributed by atoms with Crippen LogP contribution in [0.3, 0.4) is 0 Å². The van der Waals surface area contributed by atoms with Gasteiger partial charge in [-0.15, -0.1) is 0 Å². The number of aliphatic hydroxyl groups is 1. The Kier molecular flexibility index (Phi) is 6.52. The van der Waals surface area contributed by atoms with Gasteiger partial charge in [-0.05, 0) is 57.4 Å². The van der Waals surface area contributed by atoms with Gasteiger partial charge in [0.15, 0.2) is 0 Å². The molecule has 2 atom stereocenters. The van der Waals surface area contributed by atoms with Crippen LogP contribution in [0.4, 0.5) is 5.69 Å². The number of anilines is 1. The van der Waals surface area contributed by atoms with Crippen molar-refractivity contribution in [2.45, 2.75) is 58.1 Å². The number of aliphatic hydroxyl groups excluding tert-OH is 1. The number of nitrogens with one attached hydrogen (secondary N) is 1. The maximum atomic E-state index is 9.29. The van der Waals surface area contributed by atoms with Gasteiger partial charge >= 0.3 is 0 Å². The van der Waals surface area contributed by atoms with Crippen LogP contribution in [-0.2, 0) is 0 Å². The molecule has 0 spiro atoms. The molecule has 3 nitrogen and oxygen atoms in total. The predicted molar refractivity (Wildman–Crippen MR) is 89.8 cm³/mol. The minimum absolute atomic E-state index is 0.227. The minimum atomic E-state index is -0.227. The molecule has 1 fully saturated rings. The van der Waals surface area contributed by atoms with Crippen LogP contribution in [0.25, 0.3) is 0 Å². The summed E-state index contributed by atoms with van der Waals surface area (Å²) in [5.74, 6) is 0. The average molecular weight is 290 g/mol. The van der Waals surface area contributed by atoms with Crippen LogP contribution in [0.2, 0.25) is 0 Å². The van der Waals surface area contributed by atoms with Gasteiger partial charge in [0.05, 0.1) is 6.10 Å². The summed E-state index contributed by atoms with van der Waals surface area (Å²) >= 11 is 0. The summed E-state index contributed by atoms with van der Waals surface area (Å²) in [5.41, 5.74) is 2.68. The van der Waals surface area contributed by atoms with Crippen molar-refractivity contribution in [3.63, 3.8) is 0 Å². The van der Waals surface area contributed by atoms with E-state index in [0.29, 0.717) is 6.04 Å². The Morgan fingerprint density at radius 2 is 1.67 bits per heavy atom. The minimum Gasteiger partial charge on any atom is -0.393 e. The summed E-state index contributed by atoms with van der Waals surface area (Å²) in [7, 11) is 0. The molecule has 1 aliphatic rings. The first-order valence-corrected chi connectivity index (χ1v) is 8.43. The van der Waals surface area contributed by atoms with Crippen molar-refractivity contribution in [1.82, 2.24) is 5.32 Å². The van der Waals surface area contributed by atoms with Crippen LogP contribution in [0.1, 0.15) is 57.6 Å². The van der Waals surface area contributed by atoms with Crippen molar-refractivity contribution in [3.05, 3.63) is 29.8 Å². The van der Waals surface area contributed by atoms with Crippen LogP contribution < -0.4 is 10.2 Å². The fourth-order valence-corrected chi connectivity index (χ4v) is 2.93. The first-order valence-electron chi connectivity index (χ1n) is 8.43. The number of benzene rings is 1. The van der Waals surface area contributed by atoms with Crippen LogP contribution in [0.5, 0.6) is 0 Å². The molecule has 3 heteroatoms. The Balaban J connectivity index is 1.88. The third kappa shape index (κ3) is 5.33. The highest BCUT2D eigenvalue weighted by atomic mass is 16.3. The van der Waals surface area contributed by atoms with Gasteiger partial charge in [-0.1, -0.05) is 25.0 Å². The summed E-state index contributed by atoms with van der Waals surface area (Å²) in [5, 5.41) is 12.8. The lowest BCUT2D eigenvalue weighted by Crippen LogP contribution is -2.24. The zero-order valence-electron chi connectivity index (χ0n) is 13.5. The average Bonchev–Trinajstić information content (AvgIpc) is 2.76. The second-order valence-corrected chi connectivity index (χ2v) is 6.31. The third-order valence-electron chi connectivity index (χ3n) is 4.38. The molecule has 118 valence electrons. The van der Waals surface area contributed by atoms with Crippen molar-refractivity contribution in [2.75, 3.05) is 24.5 Å². The molecule has 0 amide bonds. The number of nitrogens with zero attached hydrogens (tertiary/aromatic N) is 1. The highest BCUT2D eigenvalue weighted by Crippen LogP contribution is 2.22. The Hall–Kier alpha value is -1.06. The van der Waals surface area contributed by atoms with Crippen molar-refractivity contribution in [1.29, 1.82) is 0 Å². The van der Waals surface area contributed by atoms with Crippen molar-refractivity contribution in [3.8, 4) is 0 Å². The van der Waals surface area contributed by atoms with E-state index in [2.05, 4.69) is 41.4 Å². The summed E-state index contributed by atoms with van der Waals surface area (Å²) in [6, 6.07) is 9.32. The van der Waals surface area contributed by atoms with E-state index in [1.807, 2.05) is 6.92 Å². The molecule has 1 heterocycles. The first kappa shape index (κ1) is 16.3. The Bertz CT molecular complexity index is 394. The zero-order chi connectivity index (χ0) is 15.1. The predicted octanol–water partition coefficient (Wildman–Crippen LogP) is 3.49. The second kappa shape index (κ2) is 8.40. The van der Waals surface area contributed by atoms with Crippen LogP contribution in [-0.4, -0.2) is 30.8 Å². The van der Waals surface area contributed by atoms with Gasteiger partial charge in [0, 0.05) is 24.8 Å². The molecule has 2 unspecified atom stereocenters. The van der Waals surface area contributed by atoms with Gasteiger partial charge in [0.1, 0.15) is 0 Å². The highest BCUT2D eigenvalue weighted by molar-refractivity contribution is 5.48. The monoisotopic (exact) mass is 290 g/mol. The van der Waals surface area contributed by atoms with Gasteiger partial charge in [0.2, 0.25) is 0 Å². The number of hydrogen-bond donors (Lipinski definition) is 2. The van der Waals surface area contributed by atoms with Crippen molar-refractivity contribution in [2.24, 2.45) is 0 Å². The third-order valence-corrected chi connectivity index (χ3v) is 4.38. The van der Waals surface area contributed by atoms with E-state index in [0.717, 1.165) is 13.0 Å². The van der Waals surface area contributed by atoms with E-state index in [1.54, 1.807) is 0 Å². The van der Waals surface area contributed by atoms with Gasteiger partial charge in [-0.2, -0.15) is 0 Å². The molecule has 1 aliphatic heterocycles. The van der Waals surface area contributed by atoms with Gasteiger partial charge in [-0.3, -0.25) is 0 Å². The SMILES string of the molecule is CC(O)CCNC(C)c1ccc(N2CCCCCC2)cc1. The fourth-order valence-electron chi connectivity index (χ4n) is 2.93. The quantitative estimate of drug-likeness (QED) is 0.842. The lowest BCUT2D eigenvalue weighted by Gasteiger charge is -2.23. The van der Waals surface area contributed by atoms with E-state index in [9.17, 15) is 5.11 Å². The van der Waals surface area contributed by atoms with Crippen LogP contribution in [0, 0.1) is 0 Å². The molecule has 0 saturated carbocycles. The number of rotatable bonds is 6. The van der Waals surface area contributed by atoms with E-state index < -0.39 is 0 Å². The second-order valence-electron chi connectivity index (χ2n) is 6.31. The lowest BCUT2D eigenvalue weighted by atomic mass is 10.1.